The average Bonchev–Trinajstić information content (AvgIpc) is 2.57. The van der Waals surface area contributed by atoms with Crippen LogP contribution in [0.5, 0.6) is 0 Å². The Balaban J connectivity index is 1.77. The maximum atomic E-state index is 4.58. The Hall–Kier alpha value is -2.88. The molecule has 0 radical (unpaired) electrons. The van der Waals surface area contributed by atoms with Gasteiger partial charge in [-0.15, -0.1) is 0 Å². The van der Waals surface area contributed by atoms with Gasteiger partial charge in [-0.1, -0.05) is 42.5 Å². The quantitative estimate of drug-likeness (QED) is 0.712. The molecule has 0 bridgehead atoms. The zero-order valence-corrected chi connectivity index (χ0v) is 14.3. The van der Waals surface area contributed by atoms with Gasteiger partial charge in [-0.3, -0.25) is 0 Å². The summed E-state index contributed by atoms with van der Waals surface area (Å²) in [5.74, 6) is 1.43. The first-order valence-electron chi connectivity index (χ1n) is 8.08. The van der Waals surface area contributed by atoms with Crippen molar-refractivity contribution in [2.75, 3.05) is 10.6 Å². The Labute approximate surface area is 143 Å². The predicted molar refractivity (Wildman–Crippen MR) is 99.7 cm³/mol. The molecule has 4 nitrogen and oxygen atoms in total. The minimum atomic E-state index is 0.610. The molecule has 4 heteroatoms. The highest BCUT2D eigenvalue weighted by Crippen LogP contribution is 2.21. The van der Waals surface area contributed by atoms with Crippen LogP contribution in [0.2, 0.25) is 0 Å². The molecule has 3 rings (SSSR count). The lowest BCUT2D eigenvalue weighted by Crippen LogP contribution is -2.06. The number of hydrogen-bond donors (Lipinski definition) is 2. The van der Waals surface area contributed by atoms with Gasteiger partial charge in [0, 0.05) is 24.0 Å². The summed E-state index contributed by atoms with van der Waals surface area (Å²) >= 11 is 0. The lowest BCUT2D eigenvalue weighted by atomic mass is 10.1. The molecule has 1 aromatic heterocycles. The van der Waals surface area contributed by atoms with Crippen molar-refractivity contribution in [1.82, 2.24) is 9.97 Å². The monoisotopic (exact) mass is 318 g/mol. The summed E-state index contributed by atoms with van der Waals surface area (Å²) in [6.07, 6.45) is 0. The summed E-state index contributed by atoms with van der Waals surface area (Å²) in [5.41, 5.74) is 5.56. The molecule has 1 heterocycles. The molecule has 2 aromatic carbocycles. The molecular formula is C20H22N4. The molecule has 3 aromatic rings. The number of aromatic nitrogens is 2. The van der Waals surface area contributed by atoms with Crippen LogP contribution in [0.1, 0.15) is 22.4 Å². The topological polar surface area (TPSA) is 49.8 Å². The molecule has 0 saturated heterocycles. The van der Waals surface area contributed by atoms with Gasteiger partial charge in [0.1, 0.15) is 5.82 Å². The maximum Gasteiger partial charge on any atom is 0.229 e. The molecule has 24 heavy (non-hydrogen) atoms. The summed E-state index contributed by atoms with van der Waals surface area (Å²) in [6, 6.07) is 18.5. The van der Waals surface area contributed by atoms with Gasteiger partial charge in [0.05, 0.1) is 0 Å². The molecule has 0 spiro atoms. The van der Waals surface area contributed by atoms with Crippen LogP contribution >= 0.6 is 0 Å². The van der Waals surface area contributed by atoms with Crippen molar-refractivity contribution in [3.63, 3.8) is 0 Å². The highest BCUT2D eigenvalue weighted by atomic mass is 15.1. The van der Waals surface area contributed by atoms with Gasteiger partial charge >= 0.3 is 0 Å². The van der Waals surface area contributed by atoms with Gasteiger partial charge in [0.25, 0.3) is 0 Å². The van der Waals surface area contributed by atoms with E-state index in [1.54, 1.807) is 0 Å². The van der Waals surface area contributed by atoms with Crippen molar-refractivity contribution in [2.45, 2.75) is 27.3 Å². The first-order chi connectivity index (χ1) is 11.6. The minimum absolute atomic E-state index is 0.610. The first-order valence-corrected chi connectivity index (χ1v) is 8.08. The molecule has 0 saturated carbocycles. The Morgan fingerprint density at radius 2 is 1.67 bits per heavy atom. The molecule has 0 atom stereocenters. The summed E-state index contributed by atoms with van der Waals surface area (Å²) in [4.78, 5) is 9.07. The second-order valence-electron chi connectivity index (χ2n) is 6.00. The van der Waals surface area contributed by atoms with Crippen molar-refractivity contribution in [2.24, 2.45) is 0 Å². The third-order valence-corrected chi connectivity index (χ3v) is 3.81. The van der Waals surface area contributed by atoms with Crippen LogP contribution in [0.15, 0.2) is 54.6 Å². The Morgan fingerprint density at radius 1 is 0.875 bits per heavy atom. The Kier molecular flexibility index (Phi) is 4.75. The van der Waals surface area contributed by atoms with Gasteiger partial charge in [-0.05, 0) is 43.5 Å². The molecule has 122 valence electrons. The fourth-order valence-corrected chi connectivity index (χ4v) is 2.49. The highest BCUT2D eigenvalue weighted by Gasteiger charge is 2.05. The summed E-state index contributed by atoms with van der Waals surface area (Å²) in [6.45, 7) is 6.87. The number of aryl methyl sites for hydroxylation is 3. The van der Waals surface area contributed by atoms with E-state index in [-0.39, 0.29) is 0 Å². The molecule has 0 aliphatic carbocycles. The molecule has 0 aliphatic rings. The second kappa shape index (κ2) is 7.13. The normalized spacial score (nSPS) is 10.5. The zero-order chi connectivity index (χ0) is 16.9. The number of anilines is 3. The number of rotatable bonds is 5. The number of benzene rings is 2. The second-order valence-corrected chi connectivity index (χ2v) is 6.00. The Morgan fingerprint density at radius 3 is 2.46 bits per heavy atom. The molecular weight excluding hydrogens is 296 g/mol. The highest BCUT2D eigenvalue weighted by molar-refractivity contribution is 5.60. The largest absolute Gasteiger partial charge is 0.366 e. The maximum absolute atomic E-state index is 4.58. The third kappa shape index (κ3) is 4.10. The molecule has 0 aliphatic heterocycles. The van der Waals surface area contributed by atoms with Gasteiger partial charge in [0.15, 0.2) is 0 Å². The third-order valence-electron chi connectivity index (χ3n) is 3.81. The van der Waals surface area contributed by atoms with Crippen LogP contribution in [0.3, 0.4) is 0 Å². The van der Waals surface area contributed by atoms with E-state index in [2.05, 4.69) is 64.8 Å². The molecule has 0 fully saturated rings. The van der Waals surface area contributed by atoms with E-state index in [4.69, 9.17) is 0 Å². The van der Waals surface area contributed by atoms with Gasteiger partial charge < -0.3 is 10.6 Å². The van der Waals surface area contributed by atoms with E-state index in [0.29, 0.717) is 5.95 Å². The Bertz CT molecular complexity index is 828. The van der Waals surface area contributed by atoms with E-state index in [1.165, 1.54) is 16.7 Å². The average molecular weight is 318 g/mol. The van der Waals surface area contributed by atoms with E-state index >= 15 is 0 Å². The number of nitrogens with one attached hydrogen (secondary N) is 2. The van der Waals surface area contributed by atoms with Crippen molar-refractivity contribution in [3.8, 4) is 0 Å². The fourth-order valence-electron chi connectivity index (χ4n) is 2.49. The summed E-state index contributed by atoms with van der Waals surface area (Å²) in [7, 11) is 0. The van der Waals surface area contributed by atoms with Crippen LogP contribution < -0.4 is 10.6 Å². The minimum Gasteiger partial charge on any atom is -0.366 e. The van der Waals surface area contributed by atoms with E-state index in [9.17, 15) is 0 Å². The van der Waals surface area contributed by atoms with Gasteiger partial charge in [0.2, 0.25) is 5.95 Å². The van der Waals surface area contributed by atoms with Crippen LogP contribution in [0.4, 0.5) is 17.5 Å². The van der Waals surface area contributed by atoms with Crippen LogP contribution in [-0.4, -0.2) is 9.97 Å². The van der Waals surface area contributed by atoms with Crippen LogP contribution in [0, 0.1) is 20.8 Å². The number of hydrogen-bond acceptors (Lipinski definition) is 4. The van der Waals surface area contributed by atoms with E-state index in [0.717, 1.165) is 23.7 Å². The van der Waals surface area contributed by atoms with Crippen molar-refractivity contribution < 1.29 is 0 Å². The molecule has 0 unspecified atom stereocenters. The zero-order valence-electron chi connectivity index (χ0n) is 14.3. The van der Waals surface area contributed by atoms with Gasteiger partial charge in [-0.2, -0.15) is 4.98 Å². The standard InChI is InChI=1S/C20H22N4/c1-14-9-10-15(2)18(11-14)23-20-22-16(3)12-19(24-20)21-13-17-7-5-4-6-8-17/h4-12H,13H2,1-3H3,(H2,21,22,23,24). The summed E-state index contributed by atoms with van der Waals surface area (Å²) in [5, 5.41) is 6.69. The fraction of sp³-hybridized carbons (Fsp3) is 0.200. The summed E-state index contributed by atoms with van der Waals surface area (Å²) < 4.78 is 0. The SMILES string of the molecule is Cc1ccc(C)c(Nc2nc(C)cc(NCc3ccccc3)n2)c1. The van der Waals surface area contributed by atoms with Gasteiger partial charge in [-0.25, -0.2) is 4.98 Å². The lowest BCUT2D eigenvalue weighted by molar-refractivity contribution is 1.06. The van der Waals surface area contributed by atoms with Crippen molar-refractivity contribution in [1.29, 1.82) is 0 Å². The molecule has 2 N–H and O–H groups in total. The molecule has 0 amide bonds. The van der Waals surface area contributed by atoms with Crippen LogP contribution in [0.25, 0.3) is 0 Å². The van der Waals surface area contributed by atoms with Crippen molar-refractivity contribution in [3.05, 3.63) is 77.0 Å². The van der Waals surface area contributed by atoms with E-state index in [1.807, 2.05) is 31.2 Å². The van der Waals surface area contributed by atoms with Crippen LogP contribution in [-0.2, 0) is 6.54 Å². The first kappa shape index (κ1) is 16.0. The number of nitrogens with zero attached hydrogens (tertiary/aromatic N) is 2. The smallest absolute Gasteiger partial charge is 0.229 e. The predicted octanol–water partition coefficient (Wildman–Crippen LogP) is 4.76. The lowest BCUT2D eigenvalue weighted by Gasteiger charge is -2.12. The van der Waals surface area contributed by atoms with E-state index < -0.39 is 0 Å². The van der Waals surface area contributed by atoms with Crippen molar-refractivity contribution >= 4 is 17.5 Å².